The van der Waals surface area contributed by atoms with Gasteiger partial charge in [0.2, 0.25) is 0 Å². The van der Waals surface area contributed by atoms with Crippen LogP contribution in [0.25, 0.3) is 0 Å². The molecule has 1 fully saturated rings. The van der Waals surface area contributed by atoms with Gasteiger partial charge in [0.1, 0.15) is 12.2 Å². The lowest BCUT2D eigenvalue weighted by atomic mass is 9.90. The molecule has 146 valence electrons. The SMILES string of the molecule is Cc1ccc(S(=O)(=O)O[C@@H]2C[C@H](OCc3ccccc3)C[C@@H](O)[C@H]2O)cc1. The van der Waals surface area contributed by atoms with E-state index in [1.807, 2.05) is 37.3 Å². The van der Waals surface area contributed by atoms with Crippen molar-refractivity contribution in [2.24, 2.45) is 0 Å². The molecule has 0 aromatic heterocycles. The summed E-state index contributed by atoms with van der Waals surface area (Å²) in [4.78, 5) is 0.0158. The number of aliphatic hydroxyl groups is 2. The van der Waals surface area contributed by atoms with Gasteiger partial charge in [0.15, 0.2) is 0 Å². The van der Waals surface area contributed by atoms with E-state index < -0.39 is 34.5 Å². The first-order valence-electron chi connectivity index (χ1n) is 8.87. The van der Waals surface area contributed by atoms with Crippen LogP contribution in [0.4, 0.5) is 0 Å². The van der Waals surface area contributed by atoms with Crippen LogP contribution in [0.3, 0.4) is 0 Å². The maximum absolute atomic E-state index is 12.5. The van der Waals surface area contributed by atoms with Crippen LogP contribution in [0, 0.1) is 6.92 Å². The number of rotatable bonds is 6. The first kappa shape index (κ1) is 20.0. The van der Waals surface area contributed by atoms with Crippen LogP contribution in [0.5, 0.6) is 0 Å². The maximum Gasteiger partial charge on any atom is 0.297 e. The predicted molar refractivity (Wildman–Crippen MR) is 99.5 cm³/mol. The molecule has 0 saturated heterocycles. The Hall–Kier alpha value is -1.77. The smallest absolute Gasteiger partial charge is 0.297 e. The van der Waals surface area contributed by atoms with Gasteiger partial charge in [-0.2, -0.15) is 8.42 Å². The minimum atomic E-state index is -4.05. The first-order valence-corrected chi connectivity index (χ1v) is 10.3. The molecule has 1 aliphatic rings. The Morgan fingerprint density at radius 1 is 1.00 bits per heavy atom. The molecular formula is C20H24O6S. The summed E-state index contributed by atoms with van der Waals surface area (Å²) in [5.41, 5.74) is 1.90. The van der Waals surface area contributed by atoms with Crippen LogP contribution in [0.2, 0.25) is 0 Å². The molecule has 0 amide bonds. The second kappa shape index (κ2) is 8.50. The van der Waals surface area contributed by atoms with E-state index in [4.69, 9.17) is 8.92 Å². The van der Waals surface area contributed by atoms with E-state index in [1.54, 1.807) is 12.1 Å². The maximum atomic E-state index is 12.5. The highest BCUT2D eigenvalue weighted by Gasteiger charge is 2.40. The molecule has 0 unspecified atom stereocenters. The van der Waals surface area contributed by atoms with Crippen molar-refractivity contribution in [3.05, 3.63) is 65.7 Å². The van der Waals surface area contributed by atoms with Crippen molar-refractivity contribution in [1.29, 1.82) is 0 Å². The lowest BCUT2D eigenvalue weighted by Crippen LogP contribution is -2.48. The van der Waals surface area contributed by atoms with Crippen LogP contribution < -0.4 is 0 Å². The number of ether oxygens (including phenoxy) is 1. The molecular weight excluding hydrogens is 368 g/mol. The lowest BCUT2D eigenvalue weighted by Gasteiger charge is -2.36. The molecule has 6 nitrogen and oxygen atoms in total. The van der Waals surface area contributed by atoms with Gasteiger partial charge in [0.05, 0.1) is 23.7 Å². The molecule has 2 N–H and O–H groups in total. The highest BCUT2D eigenvalue weighted by atomic mass is 32.2. The second-order valence-corrected chi connectivity index (χ2v) is 8.42. The number of hydrogen-bond donors (Lipinski definition) is 2. The molecule has 0 bridgehead atoms. The Balaban J connectivity index is 1.67. The van der Waals surface area contributed by atoms with Crippen molar-refractivity contribution >= 4 is 10.1 Å². The summed E-state index contributed by atoms with van der Waals surface area (Å²) in [6.07, 6.45) is -3.49. The Labute approximate surface area is 159 Å². The van der Waals surface area contributed by atoms with E-state index in [9.17, 15) is 18.6 Å². The highest BCUT2D eigenvalue weighted by Crippen LogP contribution is 2.28. The van der Waals surface area contributed by atoms with Gasteiger partial charge < -0.3 is 14.9 Å². The molecule has 0 aliphatic heterocycles. The average Bonchev–Trinajstić information content (AvgIpc) is 2.65. The average molecular weight is 392 g/mol. The van der Waals surface area contributed by atoms with E-state index in [1.165, 1.54) is 12.1 Å². The fraction of sp³-hybridized carbons (Fsp3) is 0.400. The van der Waals surface area contributed by atoms with Crippen LogP contribution >= 0.6 is 0 Å². The molecule has 0 heterocycles. The van der Waals surface area contributed by atoms with E-state index in [-0.39, 0.29) is 17.7 Å². The molecule has 2 aromatic rings. The zero-order valence-electron chi connectivity index (χ0n) is 15.1. The molecule has 7 heteroatoms. The van der Waals surface area contributed by atoms with Crippen LogP contribution in [0.1, 0.15) is 24.0 Å². The number of aliphatic hydroxyl groups excluding tert-OH is 2. The van der Waals surface area contributed by atoms with Crippen molar-refractivity contribution in [3.63, 3.8) is 0 Å². The largest absolute Gasteiger partial charge is 0.390 e. The molecule has 1 aliphatic carbocycles. The van der Waals surface area contributed by atoms with E-state index in [2.05, 4.69) is 0 Å². The molecule has 1 saturated carbocycles. The Morgan fingerprint density at radius 2 is 1.67 bits per heavy atom. The quantitative estimate of drug-likeness (QED) is 0.732. The van der Waals surface area contributed by atoms with Crippen LogP contribution in [-0.4, -0.2) is 43.0 Å². The van der Waals surface area contributed by atoms with E-state index in [0.717, 1.165) is 11.1 Å². The summed E-state index contributed by atoms with van der Waals surface area (Å²) < 4.78 is 36.0. The number of hydrogen-bond acceptors (Lipinski definition) is 6. The standard InChI is InChI=1S/C20H24O6S/c1-14-7-9-17(10-8-14)27(23,24)26-19-12-16(11-18(21)20(19)22)25-13-15-5-3-2-4-6-15/h2-10,16,18-22H,11-13H2,1H3/t16-,18-,19-,20-/m1/s1. The summed E-state index contributed by atoms with van der Waals surface area (Å²) in [5, 5.41) is 20.3. The van der Waals surface area contributed by atoms with Crippen molar-refractivity contribution in [3.8, 4) is 0 Å². The highest BCUT2D eigenvalue weighted by molar-refractivity contribution is 7.86. The summed E-state index contributed by atoms with van der Waals surface area (Å²) >= 11 is 0. The topological polar surface area (TPSA) is 93.1 Å². The van der Waals surface area contributed by atoms with Gasteiger partial charge in [-0.25, -0.2) is 0 Å². The first-order chi connectivity index (χ1) is 12.8. The summed E-state index contributed by atoms with van der Waals surface area (Å²) in [6, 6.07) is 15.8. The molecule has 3 rings (SSSR count). The van der Waals surface area contributed by atoms with Gasteiger partial charge in [-0.05, 0) is 24.6 Å². The normalized spacial score (nSPS) is 26.0. The Kier molecular flexibility index (Phi) is 6.29. The summed E-state index contributed by atoms with van der Waals surface area (Å²) in [5.74, 6) is 0. The Bertz CT molecular complexity index is 835. The number of aryl methyl sites for hydroxylation is 1. The predicted octanol–water partition coefficient (Wildman–Crippen LogP) is 2.17. The Morgan fingerprint density at radius 3 is 2.33 bits per heavy atom. The van der Waals surface area contributed by atoms with Crippen molar-refractivity contribution in [2.45, 2.75) is 55.7 Å². The van der Waals surface area contributed by atoms with Crippen molar-refractivity contribution < 1.29 is 27.6 Å². The number of benzene rings is 2. The van der Waals surface area contributed by atoms with Gasteiger partial charge in [-0.15, -0.1) is 0 Å². The minimum Gasteiger partial charge on any atom is -0.390 e. The van der Waals surface area contributed by atoms with Crippen LogP contribution in [-0.2, 0) is 25.6 Å². The minimum absolute atomic E-state index is 0.0158. The molecule has 0 radical (unpaired) electrons. The fourth-order valence-corrected chi connectivity index (χ4v) is 4.19. The van der Waals surface area contributed by atoms with Gasteiger partial charge in [0.25, 0.3) is 10.1 Å². The monoisotopic (exact) mass is 392 g/mol. The second-order valence-electron chi connectivity index (χ2n) is 6.85. The molecule has 27 heavy (non-hydrogen) atoms. The summed E-state index contributed by atoms with van der Waals surface area (Å²) in [6.45, 7) is 2.19. The lowest BCUT2D eigenvalue weighted by molar-refractivity contribution is -0.124. The third-order valence-corrected chi connectivity index (χ3v) is 6.01. The van der Waals surface area contributed by atoms with Crippen LogP contribution in [0.15, 0.2) is 59.5 Å². The van der Waals surface area contributed by atoms with E-state index >= 15 is 0 Å². The molecule has 2 aromatic carbocycles. The summed E-state index contributed by atoms with van der Waals surface area (Å²) in [7, 11) is -4.05. The zero-order chi connectivity index (χ0) is 19.4. The fourth-order valence-electron chi connectivity index (χ4n) is 3.10. The van der Waals surface area contributed by atoms with Crippen molar-refractivity contribution in [2.75, 3.05) is 0 Å². The third-order valence-electron chi connectivity index (χ3n) is 4.66. The third kappa shape index (κ3) is 5.15. The van der Waals surface area contributed by atoms with Gasteiger partial charge in [-0.3, -0.25) is 4.18 Å². The molecule has 0 spiro atoms. The van der Waals surface area contributed by atoms with Gasteiger partial charge in [0, 0.05) is 12.8 Å². The van der Waals surface area contributed by atoms with Gasteiger partial charge >= 0.3 is 0 Å². The zero-order valence-corrected chi connectivity index (χ0v) is 15.9. The molecule has 4 atom stereocenters. The van der Waals surface area contributed by atoms with Gasteiger partial charge in [-0.1, -0.05) is 48.0 Å². The van der Waals surface area contributed by atoms with Crippen molar-refractivity contribution in [1.82, 2.24) is 0 Å². The van der Waals surface area contributed by atoms with E-state index in [0.29, 0.717) is 6.61 Å².